The number of benzene rings is 1. The van der Waals surface area contributed by atoms with Gasteiger partial charge in [-0.15, -0.1) is 0 Å². The Kier molecular flexibility index (Phi) is 4.68. The van der Waals surface area contributed by atoms with Crippen LogP contribution in [0.2, 0.25) is 0 Å². The first kappa shape index (κ1) is 14.7. The van der Waals surface area contributed by atoms with Crippen molar-refractivity contribution in [1.82, 2.24) is 5.43 Å². The van der Waals surface area contributed by atoms with Crippen LogP contribution in [0.1, 0.15) is 16.1 Å². The van der Waals surface area contributed by atoms with Crippen LogP contribution in [-0.2, 0) is 4.74 Å². The number of ether oxygens (including phenoxy) is 1. The van der Waals surface area contributed by atoms with Crippen LogP contribution < -0.4 is 11.2 Å². The molecule has 0 bridgehead atoms. The van der Waals surface area contributed by atoms with E-state index in [1.807, 2.05) is 6.07 Å². The number of carbonyl (C=O) groups is 1. The SMILES string of the molecule is COC(=O)c1ccccc1-c1ccc(/C=N/NC(N)=S)o1. The zero-order valence-corrected chi connectivity index (χ0v) is 12.0. The van der Waals surface area contributed by atoms with Crippen molar-refractivity contribution in [2.45, 2.75) is 0 Å². The smallest absolute Gasteiger partial charge is 0.338 e. The van der Waals surface area contributed by atoms with Gasteiger partial charge in [0.15, 0.2) is 5.11 Å². The second-order valence-corrected chi connectivity index (χ2v) is 4.41. The maximum absolute atomic E-state index is 11.7. The molecule has 0 radical (unpaired) electrons. The Morgan fingerprint density at radius 1 is 1.38 bits per heavy atom. The number of esters is 1. The van der Waals surface area contributed by atoms with Gasteiger partial charge in [0.1, 0.15) is 11.5 Å². The molecule has 2 rings (SSSR count). The van der Waals surface area contributed by atoms with Crippen LogP contribution in [0.25, 0.3) is 11.3 Å². The van der Waals surface area contributed by atoms with Crippen molar-refractivity contribution in [3.63, 3.8) is 0 Å². The highest BCUT2D eigenvalue weighted by atomic mass is 32.1. The van der Waals surface area contributed by atoms with E-state index in [-0.39, 0.29) is 5.11 Å². The third kappa shape index (κ3) is 3.67. The van der Waals surface area contributed by atoms with Crippen LogP contribution in [-0.4, -0.2) is 24.4 Å². The van der Waals surface area contributed by atoms with Crippen molar-refractivity contribution in [3.05, 3.63) is 47.7 Å². The van der Waals surface area contributed by atoms with Gasteiger partial charge in [0.05, 0.1) is 18.9 Å². The molecule has 1 aromatic carbocycles. The van der Waals surface area contributed by atoms with Crippen LogP contribution in [0.3, 0.4) is 0 Å². The zero-order chi connectivity index (χ0) is 15.2. The van der Waals surface area contributed by atoms with Gasteiger partial charge in [-0.05, 0) is 30.4 Å². The van der Waals surface area contributed by atoms with E-state index in [2.05, 4.69) is 22.7 Å². The van der Waals surface area contributed by atoms with E-state index in [0.717, 1.165) is 0 Å². The van der Waals surface area contributed by atoms with Gasteiger partial charge in [0, 0.05) is 5.56 Å². The first-order chi connectivity index (χ1) is 10.1. The summed E-state index contributed by atoms with van der Waals surface area (Å²) in [7, 11) is 1.33. The fourth-order valence-corrected chi connectivity index (χ4v) is 1.77. The summed E-state index contributed by atoms with van der Waals surface area (Å²) in [4.78, 5) is 11.7. The number of furan rings is 1. The second kappa shape index (κ2) is 6.67. The van der Waals surface area contributed by atoms with E-state index in [9.17, 15) is 4.79 Å². The van der Waals surface area contributed by atoms with E-state index >= 15 is 0 Å². The molecule has 0 saturated heterocycles. The molecule has 1 aromatic heterocycles. The Balaban J connectivity index is 2.28. The molecule has 2 aromatic rings. The van der Waals surface area contributed by atoms with Crippen molar-refractivity contribution in [3.8, 4) is 11.3 Å². The number of thiocarbonyl (C=S) groups is 1. The average Bonchev–Trinajstić information content (AvgIpc) is 2.95. The van der Waals surface area contributed by atoms with Gasteiger partial charge in [-0.1, -0.05) is 18.2 Å². The molecule has 7 heteroatoms. The molecule has 1 heterocycles. The molecule has 6 nitrogen and oxygen atoms in total. The minimum absolute atomic E-state index is 0.0640. The van der Waals surface area contributed by atoms with Gasteiger partial charge in [-0.2, -0.15) is 5.10 Å². The summed E-state index contributed by atoms with van der Waals surface area (Å²) in [6.45, 7) is 0. The van der Waals surface area contributed by atoms with Gasteiger partial charge in [0.2, 0.25) is 0 Å². The molecule has 21 heavy (non-hydrogen) atoms. The van der Waals surface area contributed by atoms with E-state index in [1.54, 1.807) is 30.3 Å². The highest BCUT2D eigenvalue weighted by molar-refractivity contribution is 7.80. The lowest BCUT2D eigenvalue weighted by molar-refractivity contribution is 0.0601. The van der Waals surface area contributed by atoms with Crippen LogP contribution >= 0.6 is 12.2 Å². The summed E-state index contributed by atoms with van der Waals surface area (Å²) >= 11 is 4.62. The van der Waals surface area contributed by atoms with Gasteiger partial charge in [0.25, 0.3) is 0 Å². The number of nitrogens with zero attached hydrogens (tertiary/aromatic N) is 1. The zero-order valence-electron chi connectivity index (χ0n) is 11.2. The lowest BCUT2D eigenvalue weighted by Crippen LogP contribution is -2.23. The minimum atomic E-state index is -0.424. The van der Waals surface area contributed by atoms with E-state index in [1.165, 1.54) is 13.3 Å². The summed E-state index contributed by atoms with van der Waals surface area (Å²) in [5, 5.41) is 3.86. The molecule has 0 fully saturated rings. The number of rotatable bonds is 4. The van der Waals surface area contributed by atoms with Crippen molar-refractivity contribution in [2.75, 3.05) is 7.11 Å². The monoisotopic (exact) mass is 303 g/mol. The van der Waals surface area contributed by atoms with E-state index in [4.69, 9.17) is 14.9 Å². The van der Waals surface area contributed by atoms with Crippen molar-refractivity contribution in [2.24, 2.45) is 10.8 Å². The van der Waals surface area contributed by atoms with E-state index < -0.39 is 5.97 Å². The Bertz CT molecular complexity index is 694. The summed E-state index contributed by atoms with van der Waals surface area (Å²) in [6, 6.07) is 10.5. The topological polar surface area (TPSA) is 89.8 Å². The molecule has 0 amide bonds. The number of nitrogens with one attached hydrogen (secondary N) is 1. The molecule has 0 aliphatic carbocycles. The number of hydrogen-bond donors (Lipinski definition) is 2. The normalized spacial score (nSPS) is 10.5. The number of nitrogens with two attached hydrogens (primary N) is 1. The predicted molar refractivity (Wildman–Crippen MR) is 83.0 cm³/mol. The Hall–Kier alpha value is -2.67. The predicted octanol–water partition coefficient (Wildman–Crippen LogP) is 1.90. The highest BCUT2D eigenvalue weighted by Gasteiger charge is 2.14. The molecular weight excluding hydrogens is 290 g/mol. The van der Waals surface area contributed by atoms with Gasteiger partial charge in [-0.3, -0.25) is 5.43 Å². The van der Waals surface area contributed by atoms with Crippen LogP contribution in [0.4, 0.5) is 0 Å². The van der Waals surface area contributed by atoms with Gasteiger partial charge < -0.3 is 14.9 Å². The van der Waals surface area contributed by atoms with Crippen molar-refractivity contribution < 1.29 is 13.9 Å². The lowest BCUT2D eigenvalue weighted by Gasteiger charge is -2.04. The molecule has 0 saturated carbocycles. The fourth-order valence-electron chi connectivity index (χ4n) is 1.71. The molecule has 0 atom stereocenters. The maximum Gasteiger partial charge on any atom is 0.338 e. The third-order valence-corrected chi connectivity index (χ3v) is 2.68. The number of hydrazone groups is 1. The molecular formula is C14H13N3O3S. The highest BCUT2D eigenvalue weighted by Crippen LogP contribution is 2.25. The quantitative estimate of drug-likeness (QED) is 0.388. The maximum atomic E-state index is 11.7. The van der Waals surface area contributed by atoms with Crippen LogP contribution in [0, 0.1) is 0 Å². The fraction of sp³-hybridized carbons (Fsp3) is 0.0714. The second-order valence-electron chi connectivity index (χ2n) is 3.97. The van der Waals surface area contributed by atoms with Crippen LogP contribution in [0.15, 0.2) is 45.9 Å². The molecule has 3 N–H and O–H groups in total. The summed E-state index contributed by atoms with van der Waals surface area (Å²) in [5.41, 5.74) is 8.75. The van der Waals surface area contributed by atoms with E-state index in [0.29, 0.717) is 22.6 Å². The molecule has 0 aliphatic heterocycles. The van der Waals surface area contributed by atoms with Crippen molar-refractivity contribution in [1.29, 1.82) is 0 Å². The standard InChI is InChI=1S/C14H13N3O3S/c1-19-13(18)11-5-3-2-4-10(11)12-7-6-9(20-12)8-16-17-14(15)21/h2-8H,1H3,(H3,15,17,21)/b16-8+. The number of carbonyl (C=O) groups excluding carboxylic acids is 1. The van der Waals surface area contributed by atoms with Gasteiger partial charge >= 0.3 is 5.97 Å². The van der Waals surface area contributed by atoms with Gasteiger partial charge in [-0.25, -0.2) is 4.79 Å². The third-order valence-electron chi connectivity index (χ3n) is 2.59. The lowest BCUT2D eigenvalue weighted by atomic mass is 10.1. The first-order valence-electron chi connectivity index (χ1n) is 5.98. The van der Waals surface area contributed by atoms with Crippen molar-refractivity contribution >= 4 is 29.5 Å². The summed E-state index contributed by atoms with van der Waals surface area (Å²) < 4.78 is 10.4. The molecule has 0 unspecified atom stereocenters. The Labute approximate surface area is 126 Å². The summed E-state index contributed by atoms with van der Waals surface area (Å²) in [6.07, 6.45) is 1.43. The average molecular weight is 303 g/mol. The number of hydrogen-bond acceptors (Lipinski definition) is 5. The van der Waals surface area contributed by atoms with Crippen LogP contribution in [0.5, 0.6) is 0 Å². The largest absolute Gasteiger partial charge is 0.465 e. The Morgan fingerprint density at radius 3 is 2.86 bits per heavy atom. The molecule has 108 valence electrons. The minimum Gasteiger partial charge on any atom is -0.465 e. The molecule has 0 spiro atoms. The first-order valence-corrected chi connectivity index (χ1v) is 6.38. The Morgan fingerprint density at radius 2 is 2.14 bits per heavy atom. The molecule has 0 aliphatic rings. The number of methoxy groups -OCH3 is 1. The summed E-state index contributed by atoms with van der Waals surface area (Å²) in [5.74, 6) is 0.605.